The molecule has 518 valence electrons. The van der Waals surface area contributed by atoms with E-state index in [1.807, 2.05) is 171 Å². The lowest BCUT2D eigenvalue weighted by Crippen LogP contribution is -2.16. The highest BCUT2D eigenvalue weighted by molar-refractivity contribution is 5.84. The molecule has 0 aliphatic carbocycles. The largest absolute Gasteiger partial charge is 0.496 e. The normalized spacial score (nSPS) is 11.6. The third-order valence-corrected chi connectivity index (χ3v) is 16.8. The first-order chi connectivity index (χ1) is 49.1. The Kier molecular flexibility index (Phi) is 26.3. The third kappa shape index (κ3) is 18.3. The number of hydrogen-bond acceptors (Lipinski definition) is 18. The van der Waals surface area contributed by atoms with Gasteiger partial charge in [0.1, 0.15) is 49.4 Å². The lowest BCUT2D eigenvalue weighted by Gasteiger charge is -2.23. The van der Waals surface area contributed by atoms with Crippen LogP contribution in [0.15, 0.2) is 188 Å². The van der Waals surface area contributed by atoms with Crippen LogP contribution in [-0.2, 0) is 24.6 Å². The molecule has 0 radical (unpaired) electrons. The van der Waals surface area contributed by atoms with Crippen molar-refractivity contribution in [3.8, 4) is 68.8 Å². The van der Waals surface area contributed by atoms with Crippen LogP contribution in [0.2, 0.25) is 0 Å². The first-order valence-electron chi connectivity index (χ1n) is 33.0. The van der Waals surface area contributed by atoms with Gasteiger partial charge in [0.05, 0.1) is 83.7 Å². The number of para-hydroxylation sites is 1. The molecular formula is C81H83N9O11. The number of methoxy groups -OCH3 is 2. The third-order valence-electron chi connectivity index (χ3n) is 16.8. The second-order valence-electron chi connectivity index (χ2n) is 24.1. The summed E-state index contributed by atoms with van der Waals surface area (Å²) in [6.07, 6.45) is 16.2. The van der Waals surface area contributed by atoms with Gasteiger partial charge in [-0.25, -0.2) is 9.97 Å². The van der Waals surface area contributed by atoms with E-state index in [9.17, 15) is 19.2 Å². The molecule has 20 heteroatoms. The van der Waals surface area contributed by atoms with Gasteiger partial charge < -0.3 is 33.2 Å². The topological polar surface area (TPSA) is 233 Å². The highest BCUT2D eigenvalue weighted by atomic mass is 16.5. The Bertz CT molecular complexity index is 4670. The van der Waals surface area contributed by atoms with Gasteiger partial charge in [0, 0.05) is 77.7 Å². The number of nitrogens with zero attached hydrogens (tertiary/aromatic N) is 9. The minimum absolute atomic E-state index is 0.223. The Labute approximate surface area is 589 Å². The maximum atomic E-state index is 11.5. The summed E-state index contributed by atoms with van der Waals surface area (Å²) in [4.78, 5) is 67.3. The van der Waals surface area contributed by atoms with E-state index >= 15 is 0 Å². The first-order valence-corrected chi connectivity index (χ1v) is 33.0. The predicted octanol–water partition coefficient (Wildman–Crippen LogP) is 16.1. The average Bonchev–Trinajstić information content (AvgIpc) is 1.80. The number of ether oxygens (including phenoxy) is 7. The van der Waals surface area contributed by atoms with Gasteiger partial charge in [0.2, 0.25) is 11.8 Å². The molecule has 4 aromatic carbocycles. The summed E-state index contributed by atoms with van der Waals surface area (Å²) in [7, 11) is 3.25. The van der Waals surface area contributed by atoms with Gasteiger partial charge in [-0.15, -0.1) is 0 Å². The molecule has 0 atom stereocenters. The lowest BCUT2D eigenvalue weighted by atomic mass is 9.96. The number of benzene rings is 4. The molecule has 0 N–H and O–H groups in total. The molecule has 1 aliphatic heterocycles. The van der Waals surface area contributed by atoms with Crippen LogP contribution in [0.4, 0.5) is 0 Å². The van der Waals surface area contributed by atoms with E-state index in [-0.39, 0.29) is 25.3 Å². The summed E-state index contributed by atoms with van der Waals surface area (Å²) in [5.41, 5.74) is 18.0. The molecule has 20 nitrogen and oxygen atoms in total. The standard InChI is InChI=1S/C21H23N3O2.C21H22O4.C20H18N2O3.C19H20N4O2/c1-14(2)24-19(9-11-23-24)21-17(6-5-10-22-21)13-26-20-8-7-15(3)16(4)18(20)12-25;1-15-6-5-9-21(18(15)12-22)25-13-16-10-11-24-14-19(16)17-7-3-4-8-20(17)23-2;1-14-6-3-9-18(17(14)12-23)25-13-15-7-4-10-21-19(15)16-8-5-11-22-20(16)24-2;1-13(2)23-17(7-10-22-23)18-15(5-4-8-20-18)12-25-19-16(11-24)14(3)6-9-21-19/h5-12,14H,13H2,1-4H3;3-9,12H,10-11,13-14H2,1-2H3;3-12H,13H2,1-2H3;4-11,13H,12H2,1-3H3. The van der Waals surface area contributed by atoms with E-state index in [0.29, 0.717) is 77.7 Å². The molecular weight excluding hydrogens is 1270 g/mol. The number of rotatable bonds is 24. The van der Waals surface area contributed by atoms with Gasteiger partial charge in [0.25, 0.3) is 0 Å². The van der Waals surface area contributed by atoms with Gasteiger partial charge in [-0.3, -0.25) is 43.5 Å². The van der Waals surface area contributed by atoms with E-state index in [1.165, 1.54) is 5.57 Å². The van der Waals surface area contributed by atoms with Gasteiger partial charge in [-0.05, 0) is 180 Å². The molecule has 12 rings (SSSR count). The second kappa shape index (κ2) is 36.2. The van der Waals surface area contributed by atoms with Crippen LogP contribution in [-0.4, -0.2) is 104 Å². The van der Waals surface area contributed by atoms with E-state index in [0.717, 1.165) is 127 Å². The highest BCUT2D eigenvalue weighted by Crippen LogP contribution is 2.35. The van der Waals surface area contributed by atoms with E-state index in [1.54, 1.807) is 69.7 Å². The fourth-order valence-corrected chi connectivity index (χ4v) is 11.2. The molecule has 0 unspecified atom stereocenters. The minimum Gasteiger partial charge on any atom is -0.496 e. The molecule has 11 aromatic rings. The first kappa shape index (κ1) is 73.5. The molecule has 0 amide bonds. The van der Waals surface area contributed by atoms with Gasteiger partial charge in [-0.1, -0.05) is 66.7 Å². The molecule has 1 aliphatic rings. The zero-order chi connectivity index (χ0) is 71.8. The predicted molar refractivity (Wildman–Crippen MR) is 388 cm³/mol. The molecule has 0 fully saturated rings. The van der Waals surface area contributed by atoms with Gasteiger partial charge in [-0.2, -0.15) is 10.2 Å². The summed E-state index contributed by atoms with van der Waals surface area (Å²) < 4.78 is 44.0. The molecule has 8 heterocycles. The fourth-order valence-electron chi connectivity index (χ4n) is 11.2. The van der Waals surface area contributed by atoms with Crippen LogP contribution in [0.5, 0.6) is 34.8 Å². The van der Waals surface area contributed by atoms with E-state index < -0.39 is 0 Å². The van der Waals surface area contributed by atoms with Crippen LogP contribution in [0.3, 0.4) is 0 Å². The Hall–Kier alpha value is -11.8. The number of pyridine rings is 5. The number of carbonyl (C=O) groups is 4. The quantitative estimate of drug-likeness (QED) is 0.0512. The summed E-state index contributed by atoms with van der Waals surface area (Å²) in [5.74, 6) is 3.44. The molecule has 0 saturated heterocycles. The van der Waals surface area contributed by atoms with E-state index in [4.69, 9.17) is 33.2 Å². The van der Waals surface area contributed by atoms with Crippen molar-refractivity contribution in [1.82, 2.24) is 44.5 Å². The molecule has 101 heavy (non-hydrogen) atoms. The van der Waals surface area contributed by atoms with Crippen LogP contribution in [0.1, 0.15) is 138 Å². The lowest BCUT2D eigenvalue weighted by molar-refractivity contribution is 0.111. The van der Waals surface area contributed by atoms with Crippen LogP contribution in [0.25, 0.3) is 39.6 Å². The van der Waals surface area contributed by atoms with E-state index in [2.05, 4.69) is 62.8 Å². The van der Waals surface area contributed by atoms with Crippen molar-refractivity contribution in [2.24, 2.45) is 0 Å². The van der Waals surface area contributed by atoms with Crippen molar-refractivity contribution >= 4 is 30.7 Å². The maximum absolute atomic E-state index is 11.5. The number of carbonyl (C=O) groups excluding carboxylic acids is 4. The van der Waals surface area contributed by atoms with Gasteiger partial charge >= 0.3 is 0 Å². The number of aldehydes is 4. The number of aryl methyl sites for hydroxylation is 4. The second-order valence-corrected chi connectivity index (χ2v) is 24.1. The van der Waals surface area contributed by atoms with Crippen molar-refractivity contribution in [3.05, 3.63) is 261 Å². The van der Waals surface area contributed by atoms with Crippen molar-refractivity contribution in [1.29, 1.82) is 0 Å². The van der Waals surface area contributed by atoms with Crippen molar-refractivity contribution in [3.63, 3.8) is 0 Å². The molecule has 0 spiro atoms. The summed E-state index contributed by atoms with van der Waals surface area (Å²) >= 11 is 0. The number of hydrogen-bond donors (Lipinski definition) is 0. The minimum atomic E-state index is 0.223. The Morgan fingerprint density at radius 2 is 0.891 bits per heavy atom. The Morgan fingerprint density at radius 3 is 1.45 bits per heavy atom. The molecule has 0 saturated carbocycles. The zero-order valence-electron chi connectivity index (χ0n) is 58.8. The maximum Gasteiger partial charge on any atom is 0.224 e. The summed E-state index contributed by atoms with van der Waals surface area (Å²) in [6, 6.07) is 44.3. The Balaban J connectivity index is 0.000000157. The number of aromatic nitrogens is 9. The van der Waals surface area contributed by atoms with Crippen LogP contribution < -0.4 is 28.4 Å². The SMILES string of the molecule is COc1ccccc1C1=C(COc2cccc(C)c2C=O)CCOC1.COc1ncccc1-c1ncccc1COc1cccc(C)c1C=O.Cc1ccc(OCc2cccnc2-c2ccnn2C(C)C)c(C=O)c1C.Cc1ccnc(OCc2cccnc2-c2ccnn2C(C)C)c1C=O. The van der Waals surface area contributed by atoms with Crippen molar-refractivity contribution < 1.29 is 52.3 Å². The van der Waals surface area contributed by atoms with Crippen LogP contribution in [0, 0.1) is 34.6 Å². The van der Waals surface area contributed by atoms with Crippen molar-refractivity contribution in [2.45, 2.75) is 101 Å². The van der Waals surface area contributed by atoms with Crippen LogP contribution >= 0.6 is 0 Å². The highest BCUT2D eigenvalue weighted by Gasteiger charge is 2.22. The Morgan fingerprint density at radius 1 is 0.416 bits per heavy atom. The zero-order valence-corrected chi connectivity index (χ0v) is 58.8. The average molecular weight is 1360 g/mol. The molecule has 0 bridgehead atoms. The summed E-state index contributed by atoms with van der Waals surface area (Å²) in [5, 5.41) is 8.76. The fraction of sp³-hybridized carbons (Fsp3) is 0.247. The smallest absolute Gasteiger partial charge is 0.224 e. The summed E-state index contributed by atoms with van der Waals surface area (Å²) in [6.45, 7) is 20.4. The van der Waals surface area contributed by atoms with Gasteiger partial charge in [0.15, 0.2) is 25.1 Å². The molecule has 7 aromatic heterocycles. The monoisotopic (exact) mass is 1360 g/mol. The van der Waals surface area contributed by atoms with Crippen molar-refractivity contribution in [2.75, 3.05) is 34.0 Å².